The van der Waals surface area contributed by atoms with E-state index in [1.54, 1.807) is 13.3 Å². The predicted octanol–water partition coefficient (Wildman–Crippen LogP) is 2.16. The molecule has 4 nitrogen and oxygen atoms in total. The van der Waals surface area contributed by atoms with E-state index in [2.05, 4.69) is 21.0 Å². The van der Waals surface area contributed by atoms with E-state index in [4.69, 9.17) is 10.5 Å². The molecule has 2 N–H and O–H groups in total. The Morgan fingerprint density at radius 2 is 2.06 bits per heavy atom. The van der Waals surface area contributed by atoms with Crippen LogP contribution in [0.5, 0.6) is 5.88 Å². The van der Waals surface area contributed by atoms with Gasteiger partial charge in [-0.05, 0) is 17.7 Å². The molecule has 17 heavy (non-hydrogen) atoms. The van der Waals surface area contributed by atoms with Crippen molar-refractivity contribution in [1.29, 1.82) is 0 Å². The number of benzene rings is 1. The zero-order valence-electron chi connectivity index (χ0n) is 9.56. The number of rotatable bonds is 4. The number of hydrogen-bond donors (Lipinski definition) is 1. The first-order valence-electron chi connectivity index (χ1n) is 5.27. The van der Waals surface area contributed by atoms with Gasteiger partial charge in [0.25, 0.3) is 0 Å². The van der Waals surface area contributed by atoms with Crippen molar-refractivity contribution in [3.05, 3.63) is 46.1 Å². The van der Waals surface area contributed by atoms with Crippen molar-refractivity contribution >= 4 is 15.9 Å². The molecular formula is C12H14BrN3O. The Morgan fingerprint density at radius 1 is 1.35 bits per heavy atom. The van der Waals surface area contributed by atoms with Crippen molar-refractivity contribution in [2.75, 3.05) is 7.11 Å². The molecule has 0 bridgehead atoms. The molecule has 0 aliphatic rings. The Bertz CT molecular complexity index is 493. The van der Waals surface area contributed by atoms with Crippen molar-refractivity contribution in [1.82, 2.24) is 9.78 Å². The number of aromatic nitrogens is 2. The molecule has 0 saturated carbocycles. The maximum absolute atomic E-state index is 5.61. The first kappa shape index (κ1) is 12.1. The monoisotopic (exact) mass is 295 g/mol. The highest BCUT2D eigenvalue weighted by atomic mass is 79.9. The van der Waals surface area contributed by atoms with Gasteiger partial charge in [0.05, 0.1) is 19.9 Å². The van der Waals surface area contributed by atoms with Crippen LogP contribution in [0, 0.1) is 0 Å². The normalized spacial score (nSPS) is 10.5. The van der Waals surface area contributed by atoms with Crippen LogP contribution in [0.1, 0.15) is 11.1 Å². The van der Waals surface area contributed by atoms with E-state index in [1.807, 2.05) is 28.9 Å². The summed E-state index contributed by atoms with van der Waals surface area (Å²) in [5.41, 5.74) is 7.70. The van der Waals surface area contributed by atoms with E-state index in [0.29, 0.717) is 13.1 Å². The number of nitrogens with zero attached hydrogens (tertiary/aromatic N) is 2. The van der Waals surface area contributed by atoms with Gasteiger partial charge in [0.15, 0.2) is 0 Å². The van der Waals surface area contributed by atoms with Gasteiger partial charge in [0.1, 0.15) is 0 Å². The summed E-state index contributed by atoms with van der Waals surface area (Å²) in [6, 6.07) is 8.12. The largest absolute Gasteiger partial charge is 0.481 e. The van der Waals surface area contributed by atoms with Gasteiger partial charge < -0.3 is 10.5 Å². The highest BCUT2D eigenvalue weighted by molar-refractivity contribution is 9.10. The van der Waals surface area contributed by atoms with E-state index in [9.17, 15) is 0 Å². The lowest BCUT2D eigenvalue weighted by molar-refractivity contribution is 0.363. The third-order valence-electron chi connectivity index (χ3n) is 2.52. The minimum atomic E-state index is 0.434. The van der Waals surface area contributed by atoms with Crippen molar-refractivity contribution in [3.63, 3.8) is 0 Å². The molecule has 0 fully saturated rings. The third kappa shape index (κ3) is 2.68. The highest BCUT2D eigenvalue weighted by Crippen LogP contribution is 2.19. The Kier molecular flexibility index (Phi) is 3.81. The lowest BCUT2D eigenvalue weighted by atomic mass is 10.2. The van der Waals surface area contributed by atoms with E-state index >= 15 is 0 Å². The molecule has 2 aromatic rings. The first-order chi connectivity index (χ1) is 8.24. The Hall–Kier alpha value is -1.33. The minimum Gasteiger partial charge on any atom is -0.481 e. The highest BCUT2D eigenvalue weighted by Gasteiger charge is 2.09. The second-order valence-corrected chi connectivity index (χ2v) is 4.58. The van der Waals surface area contributed by atoms with Crippen LogP contribution in [0.2, 0.25) is 0 Å². The summed E-state index contributed by atoms with van der Waals surface area (Å²) >= 11 is 3.41. The fraction of sp³-hybridized carbons (Fsp3) is 0.250. The zero-order valence-corrected chi connectivity index (χ0v) is 11.1. The second-order valence-electron chi connectivity index (χ2n) is 3.67. The van der Waals surface area contributed by atoms with Gasteiger partial charge in [0.2, 0.25) is 5.88 Å². The summed E-state index contributed by atoms with van der Waals surface area (Å²) in [5, 5.41) is 4.28. The summed E-state index contributed by atoms with van der Waals surface area (Å²) < 4.78 is 8.19. The second kappa shape index (κ2) is 5.33. The van der Waals surface area contributed by atoms with Gasteiger partial charge >= 0.3 is 0 Å². The molecule has 1 aromatic carbocycles. The first-order valence-corrected chi connectivity index (χ1v) is 6.07. The van der Waals surface area contributed by atoms with Crippen molar-refractivity contribution < 1.29 is 4.74 Å². The molecule has 5 heteroatoms. The average Bonchev–Trinajstić information content (AvgIpc) is 2.74. The molecule has 2 rings (SSSR count). The summed E-state index contributed by atoms with van der Waals surface area (Å²) in [4.78, 5) is 0. The fourth-order valence-electron chi connectivity index (χ4n) is 1.66. The van der Waals surface area contributed by atoms with Crippen molar-refractivity contribution in [2.24, 2.45) is 5.73 Å². The topological polar surface area (TPSA) is 53.1 Å². The van der Waals surface area contributed by atoms with Gasteiger partial charge in [-0.25, -0.2) is 4.68 Å². The molecule has 0 aliphatic heterocycles. The van der Waals surface area contributed by atoms with Crippen LogP contribution in [-0.2, 0) is 13.1 Å². The lowest BCUT2D eigenvalue weighted by Gasteiger charge is -2.07. The Morgan fingerprint density at radius 3 is 2.65 bits per heavy atom. The minimum absolute atomic E-state index is 0.434. The molecule has 0 atom stereocenters. The van der Waals surface area contributed by atoms with Crippen molar-refractivity contribution in [2.45, 2.75) is 13.1 Å². The van der Waals surface area contributed by atoms with Gasteiger partial charge in [-0.3, -0.25) is 0 Å². The standard InChI is InChI=1S/C12H14BrN3O/c1-17-12-10(6-14)7-15-16(12)8-9-2-4-11(13)5-3-9/h2-5,7H,6,8,14H2,1H3. The molecule has 0 spiro atoms. The van der Waals surface area contributed by atoms with E-state index in [1.165, 1.54) is 0 Å². The van der Waals surface area contributed by atoms with Gasteiger partial charge in [-0.15, -0.1) is 0 Å². The molecule has 0 aliphatic carbocycles. The van der Waals surface area contributed by atoms with Gasteiger partial charge in [-0.2, -0.15) is 5.10 Å². The molecule has 0 unspecified atom stereocenters. The maximum atomic E-state index is 5.61. The SMILES string of the molecule is COc1c(CN)cnn1Cc1ccc(Br)cc1. The van der Waals surface area contributed by atoms with Crippen LogP contribution < -0.4 is 10.5 Å². The van der Waals surface area contributed by atoms with Crippen LogP contribution in [-0.4, -0.2) is 16.9 Å². The van der Waals surface area contributed by atoms with Crippen molar-refractivity contribution in [3.8, 4) is 5.88 Å². The van der Waals surface area contributed by atoms with E-state index in [-0.39, 0.29) is 0 Å². The van der Waals surface area contributed by atoms with E-state index in [0.717, 1.165) is 21.5 Å². The predicted molar refractivity (Wildman–Crippen MR) is 69.9 cm³/mol. The summed E-state index contributed by atoms with van der Waals surface area (Å²) in [6.45, 7) is 1.11. The van der Waals surface area contributed by atoms with Gasteiger partial charge in [0, 0.05) is 16.6 Å². The quantitative estimate of drug-likeness (QED) is 0.940. The van der Waals surface area contributed by atoms with Crippen LogP contribution in [0.3, 0.4) is 0 Å². The zero-order chi connectivity index (χ0) is 12.3. The van der Waals surface area contributed by atoms with E-state index < -0.39 is 0 Å². The number of halogens is 1. The molecule has 1 heterocycles. The van der Waals surface area contributed by atoms with Crippen LogP contribution >= 0.6 is 15.9 Å². The number of nitrogens with two attached hydrogens (primary N) is 1. The fourth-order valence-corrected chi connectivity index (χ4v) is 1.93. The van der Waals surface area contributed by atoms with Crippen LogP contribution in [0.25, 0.3) is 0 Å². The molecule has 90 valence electrons. The molecular weight excluding hydrogens is 282 g/mol. The van der Waals surface area contributed by atoms with Crippen LogP contribution in [0.15, 0.2) is 34.9 Å². The number of methoxy groups -OCH3 is 1. The smallest absolute Gasteiger partial charge is 0.216 e. The summed E-state index contributed by atoms with van der Waals surface area (Å²) in [6.07, 6.45) is 1.75. The average molecular weight is 296 g/mol. The number of hydrogen-bond acceptors (Lipinski definition) is 3. The summed E-state index contributed by atoms with van der Waals surface area (Å²) in [7, 11) is 1.63. The molecule has 0 radical (unpaired) electrons. The molecule has 1 aromatic heterocycles. The maximum Gasteiger partial charge on any atom is 0.216 e. The number of ether oxygens (including phenoxy) is 1. The van der Waals surface area contributed by atoms with Crippen LogP contribution in [0.4, 0.5) is 0 Å². The summed E-state index contributed by atoms with van der Waals surface area (Å²) in [5.74, 6) is 0.732. The third-order valence-corrected chi connectivity index (χ3v) is 3.05. The Balaban J connectivity index is 2.23. The Labute approximate surface area is 109 Å². The molecule has 0 saturated heterocycles. The lowest BCUT2D eigenvalue weighted by Crippen LogP contribution is -2.05. The van der Waals surface area contributed by atoms with Gasteiger partial charge in [-0.1, -0.05) is 28.1 Å². The molecule has 0 amide bonds.